The number of hydrogen-bond acceptors (Lipinski definition) is 5. The van der Waals surface area contributed by atoms with Gasteiger partial charge in [-0.3, -0.25) is 4.90 Å². The summed E-state index contributed by atoms with van der Waals surface area (Å²) in [4.78, 5) is 6.83. The summed E-state index contributed by atoms with van der Waals surface area (Å²) in [7, 11) is 2.12. The minimum absolute atomic E-state index is 0. The Balaban J connectivity index is 0.00000108. The quantitative estimate of drug-likeness (QED) is 0.868. The third-order valence-corrected chi connectivity index (χ3v) is 3.72. The molecule has 2 aliphatic rings. The Kier molecular flexibility index (Phi) is 4.01. The van der Waals surface area contributed by atoms with Crippen molar-refractivity contribution in [1.29, 1.82) is 0 Å². The van der Waals surface area contributed by atoms with Gasteiger partial charge in [-0.15, -0.1) is 12.4 Å². The number of piperazine rings is 1. The average molecular weight is 259 g/mol. The van der Waals surface area contributed by atoms with Gasteiger partial charge in [0.25, 0.3) is 0 Å². The monoisotopic (exact) mass is 258 g/mol. The molecule has 0 spiro atoms. The second-order valence-corrected chi connectivity index (χ2v) is 4.82. The van der Waals surface area contributed by atoms with Crippen LogP contribution in [0.15, 0.2) is 4.52 Å². The number of nitrogens with zero attached hydrogens (tertiary/aromatic N) is 3. The zero-order valence-corrected chi connectivity index (χ0v) is 10.9. The van der Waals surface area contributed by atoms with E-state index in [1.54, 1.807) is 0 Å². The molecule has 1 aliphatic heterocycles. The molecular formula is C11H19ClN4O. The molecule has 1 unspecified atom stereocenters. The summed E-state index contributed by atoms with van der Waals surface area (Å²) in [5.41, 5.74) is 0. The van der Waals surface area contributed by atoms with Crippen LogP contribution in [0, 0.1) is 0 Å². The standard InChI is InChI=1S/C11H18N4O.ClH/c1-15-6-5-12-7-9(15)10-13-11(16-14-10)8-3-2-4-8;/h8-9,12H,2-7H2,1H3;1H. The van der Waals surface area contributed by atoms with Crippen molar-refractivity contribution in [3.8, 4) is 0 Å². The molecule has 2 fully saturated rings. The molecule has 6 heteroatoms. The second kappa shape index (κ2) is 5.33. The van der Waals surface area contributed by atoms with E-state index in [9.17, 15) is 0 Å². The topological polar surface area (TPSA) is 54.2 Å². The lowest BCUT2D eigenvalue weighted by Gasteiger charge is -2.30. The molecule has 1 aromatic heterocycles. The molecule has 5 nitrogen and oxygen atoms in total. The van der Waals surface area contributed by atoms with Crippen LogP contribution in [0.3, 0.4) is 0 Å². The minimum Gasteiger partial charge on any atom is -0.339 e. The first kappa shape index (κ1) is 12.8. The molecule has 17 heavy (non-hydrogen) atoms. The van der Waals surface area contributed by atoms with Crippen LogP contribution in [-0.4, -0.2) is 41.7 Å². The van der Waals surface area contributed by atoms with Crippen molar-refractivity contribution >= 4 is 12.4 Å². The Morgan fingerprint density at radius 3 is 2.88 bits per heavy atom. The summed E-state index contributed by atoms with van der Waals surface area (Å²) >= 11 is 0. The highest BCUT2D eigenvalue weighted by Crippen LogP contribution is 2.35. The van der Waals surface area contributed by atoms with E-state index in [0.29, 0.717) is 5.92 Å². The van der Waals surface area contributed by atoms with Crippen molar-refractivity contribution in [3.63, 3.8) is 0 Å². The highest BCUT2D eigenvalue weighted by Gasteiger charge is 2.29. The molecule has 0 aromatic carbocycles. The lowest BCUT2D eigenvalue weighted by Crippen LogP contribution is -2.44. The van der Waals surface area contributed by atoms with E-state index < -0.39 is 0 Å². The third kappa shape index (κ3) is 2.46. The van der Waals surface area contributed by atoms with Gasteiger partial charge < -0.3 is 9.84 Å². The molecule has 0 amide bonds. The predicted octanol–water partition coefficient (Wildman–Crippen LogP) is 1.33. The first-order valence-corrected chi connectivity index (χ1v) is 6.09. The van der Waals surface area contributed by atoms with Crippen molar-refractivity contribution < 1.29 is 4.52 Å². The number of aromatic nitrogens is 2. The lowest BCUT2D eigenvalue weighted by atomic mass is 9.85. The van der Waals surface area contributed by atoms with E-state index in [1.807, 2.05) is 0 Å². The molecular weight excluding hydrogens is 240 g/mol. The predicted molar refractivity (Wildman–Crippen MR) is 66.4 cm³/mol. The lowest BCUT2D eigenvalue weighted by molar-refractivity contribution is 0.190. The molecule has 1 saturated carbocycles. The fourth-order valence-electron chi connectivity index (χ4n) is 2.30. The number of hydrogen-bond donors (Lipinski definition) is 1. The first-order chi connectivity index (χ1) is 7.84. The molecule has 96 valence electrons. The van der Waals surface area contributed by atoms with E-state index in [4.69, 9.17) is 4.52 Å². The summed E-state index contributed by atoms with van der Waals surface area (Å²) in [6, 6.07) is 0.270. The molecule has 0 bridgehead atoms. The van der Waals surface area contributed by atoms with Crippen molar-refractivity contribution in [2.75, 3.05) is 26.7 Å². The molecule has 2 heterocycles. The maximum atomic E-state index is 5.35. The van der Waals surface area contributed by atoms with Gasteiger partial charge in [0.1, 0.15) is 0 Å². The summed E-state index contributed by atoms with van der Waals surface area (Å²) in [5.74, 6) is 2.22. The summed E-state index contributed by atoms with van der Waals surface area (Å²) < 4.78 is 5.35. The summed E-state index contributed by atoms with van der Waals surface area (Å²) in [5, 5.41) is 7.49. The average Bonchev–Trinajstić information content (AvgIpc) is 2.65. The Bertz CT molecular complexity index is 366. The highest BCUT2D eigenvalue weighted by molar-refractivity contribution is 5.85. The summed E-state index contributed by atoms with van der Waals surface area (Å²) in [6.07, 6.45) is 3.72. The maximum absolute atomic E-state index is 5.35. The number of nitrogens with one attached hydrogen (secondary N) is 1. The van der Waals surface area contributed by atoms with Gasteiger partial charge in [-0.25, -0.2) is 0 Å². The molecule has 1 atom stereocenters. The Hall–Kier alpha value is -0.650. The normalized spacial score (nSPS) is 26.3. The Morgan fingerprint density at radius 2 is 2.24 bits per heavy atom. The first-order valence-electron chi connectivity index (χ1n) is 6.09. The minimum atomic E-state index is 0. The van der Waals surface area contributed by atoms with E-state index in [-0.39, 0.29) is 18.4 Å². The van der Waals surface area contributed by atoms with Gasteiger partial charge in [0.2, 0.25) is 5.89 Å². The van der Waals surface area contributed by atoms with Gasteiger partial charge in [0.05, 0.1) is 6.04 Å². The van der Waals surface area contributed by atoms with Gasteiger partial charge in [0.15, 0.2) is 5.82 Å². The molecule has 1 saturated heterocycles. The fraction of sp³-hybridized carbons (Fsp3) is 0.818. The van der Waals surface area contributed by atoms with Gasteiger partial charge in [-0.1, -0.05) is 11.6 Å². The largest absolute Gasteiger partial charge is 0.339 e. The van der Waals surface area contributed by atoms with Crippen LogP contribution in [0.25, 0.3) is 0 Å². The zero-order valence-electron chi connectivity index (χ0n) is 10.1. The van der Waals surface area contributed by atoms with Crippen LogP contribution in [-0.2, 0) is 0 Å². The summed E-state index contributed by atoms with van der Waals surface area (Å²) in [6.45, 7) is 3.00. The number of rotatable bonds is 2. The fourth-order valence-corrected chi connectivity index (χ4v) is 2.30. The van der Waals surface area contributed by atoms with E-state index in [2.05, 4.69) is 27.4 Å². The van der Waals surface area contributed by atoms with Crippen LogP contribution in [0.2, 0.25) is 0 Å². The van der Waals surface area contributed by atoms with Gasteiger partial charge in [-0.2, -0.15) is 4.98 Å². The number of halogens is 1. The molecule has 3 rings (SSSR count). The van der Waals surface area contributed by atoms with E-state index >= 15 is 0 Å². The smallest absolute Gasteiger partial charge is 0.229 e. The highest BCUT2D eigenvalue weighted by atomic mass is 35.5. The van der Waals surface area contributed by atoms with Crippen LogP contribution in [0.1, 0.15) is 42.9 Å². The van der Waals surface area contributed by atoms with Crippen molar-refractivity contribution in [3.05, 3.63) is 11.7 Å². The van der Waals surface area contributed by atoms with Gasteiger partial charge >= 0.3 is 0 Å². The van der Waals surface area contributed by atoms with Crippen molar-refractivity contribution in [2.24, 2.45) is 0 Å². The van der Waals surface area contributed by atoms with Crippen LogP contribution in [0.5, 0.6) is 0 Å². The SMILES string of the molecule is CN1CCNCC1c1noc(C2CCC2)n1.Cl. The Labute approximate surface area is 107 Å². The Morgan fingerprint density at radius 1 is 1.41 bits per heavy atom. The second-order valence-electron chi connectivity index (χ2n) is 4.82. The van der Waals surface area contributed by atoms with Gasteiger partial charge in [0, 0.05) is 25.6 Å². The molecule has 1 aliphatic carbocycles. The maximum Gasteiger partial charge on any atom is 0.229 e. The van der Waals surface area contributed by atoms with Gasteiger partial charge in [-0.05, 0) is 19.9 Å². The van der Waals surface area contributed by atoms with Crippen LogP contribution < -0.4 is 5.32 Å². The number of likely N-dealkylation sites (N-methyl/N-ethyl adjacent to an activating group) is 1. The van der Waals surface area contributed by atoms with Crippen molar-refractivity contribution in [2.45, 2.75) is 31.2 Å². The van der Waals surface area contributed by atoms with E-state index in [1.165, 1.54) is 19.3 Å². The third-order valence-electron chi connectivity index (χ3n) is 3.72. The molecule has 0 radical (unpaired) electrons. The zero-order chi connectivity index (χ0) is 11.0. The van der Waals surface area contributed by atoms with Crippen LogP contribution >= 0.6 is 12.4 Å². The van der Waals surface area contributed by atoms with E-state index in [0.717, 1.165) is 31.3 Å². The van der Waals surface area contributed by atoms with Crippen molar-refractivity contribution in [1.82, 2.24) is 20.4 Å². The van der Waals surface area contributed by atoms with Crippen LogP contribution in [0.4, 0.5) is 0 Å². The molecule has 1 N–H and O–H groups in total. The molecule has 1 aromatic rings.